The second-order valence-electron chi connectivity index (χ2n) is 10.7. The molecule has 3 aromatic rings. The van der Waals surface area contributed by atoms with Crippen LogP contribution in [0.4, 0.5) is 9.59 Å². The van der Waals surface area contributed by atoms with Crippen molar-refractivity contribution in [3.8, 4) is 0 Å². The Balaban J connectivity index is 1.46. The van der Waals surface area contributed by atoms with Gasteiger partial charge in [-0.15, -0.1) is 11.8 Å². The van der Waals surface area contributed by atoms with E-state index in [1.54, 1.807) is 9.80 Å². The molecular formula is C34H38N4O4S2. The van der Waals surface area contributed by atoms with Crippen LogP contribution in [0.2, 0.25) is 0 Å². The largest absolute Gasteiger partial charge is 0.445 e. The Kier molecular flexibility index (Phi) is 10.9. The number of hydrogen-bond donors (Lipinski definition) is 2. The molecular weight excluding hydrogens is 593 g/mol. The molecule has 2 aliphatic rings. The van der Waals surface area contributed by atoms with Crippen LogP contribution < -0.4 is 5.32 Å². The zero-order chi connectivity index (χ0) is 30.8. The zero-order valence-electron chi connectivity index (χ0n) is 24.6. The lowest BCUT2D eigenvalue weighted by Gasteiger charge is -2.37. The minimum Gasteiger partial charge on any atom is -0.445 e. The van der Waals surface area contributed by atoms with Gasteiger partial charge in [-0.1, -0.05) is 109 Å². The number of rotatable bonds is 9. The van der Waals surface area contributed by atoms with Gasteiger partial charge >= 0.3 is 12.1 Å². The SMILES string of the molecule is C=CCOC(=O)N1C[C@@H](SC(c2ccccc2)(c2ccccc2)c2ccccc2)C[C@H]1C/C(=N/O)NC(=O)N1CCSCC1. The maximum atomic E-state index is 13.3. The van der Waals surface area contributed by atoms with E-state index in [1.165, 1.54) is 6.08 Å². The fourth-order valence-electron chi connectivity index (χ4n) is 5.87. The number of hydrogen-bond acceptors (Lipinski definition) is 7. The van der Waals surface area contributed by atoms with E-state index in [4.69, 9.17) is 4.74 Å². The van der Waals surface area contributed by atoms with E-state index in [0.29, 0.717) is 26.1 Å². The third kappa shape index (κ3) is 7.25. The Morgan fingerprint density at radius 1 is 0.977 bits per heavy atom. The molecule has 2 aliphatic heterocycles. The lowest BCUT2D eigenvalue weighted by molar-refractivity contribution is 0.109. The van der Waals surface area contributed by atoms with E-state index in [-0.39, 0.29) is 36.2 Å². The first-order valence-corrected chi connectivity index (χ1v) is 16.8. The van der Waals surface area contributed by atoms with Crippen molar-refractivity contribution in [3.63, 3.8) is 0 Å². The molecule has 0 radical (unpaired) electrons. The van der Waals surface area contributed by atoms with Crippen molar-refractivity contribution < 1.29 is 19.5 Å². The molecule has 2 fully saturated rings. The van der Waals surface area contributed by atoms with E-state index in [0.717, 1.165) is 28.2 Å². The van der Waals surface area contributed by atoms with E-state index < -0.39 is 10.8 Å². The number of thioether (sulfide) groups is 2. The van der Waals surface area contributed by atoms with Gasteiger partial charge in [-0.2, -0.15) is 11.8 Å². The molecule has 0 aromatic heterocycles. The topological polar surface area (TPSA) is 94.5 Å². The summed E-state index contributed by atoms with van der Waals surface area (Å²) in [5.41, 5.74) is 3.41. The van der Waals surface area contributed by atoms with Gasteiger partial charge in [0.25, 0.3) is 0 Å². The monoisotopic (exact) mass is 630 g/mol. The van der Waals surface area contributed by atoms with Crippen molar-refractivity contribution >= 4 is 41.5 Å². The van der Waals surface area contributed by atoms with Crippen LogP contribution in [0.25, 0.3) is 0 Å². The number of amides is 3. The molecule has 0 aliphatic carbocycles. The van der Waals surface area contributed by atoms with Crippen LogP contribution in [0.3, 0.4) is 0 Å². The first kappa shape index (κ1) is 31.5. The van der Waals surface area contributed by atoms with Gasteiger partial charge in [-0.3, -0.25) is 5.32 Å². The van der Waals surface area contributed by atoms with Crippen LogP contribution >= 0.6 is 23.5 Å². The highest BCUT2D eigenvalue weighted by Gasteiger charge is 2.45. The second kappa shape index (κ2) is 15.2. The van der Waals surface area contributed by atoms with E-state index in [1.807, 2.05) is 41.7 Å². The van der Waals surface area contributed by atoms with Crippen LogP contribution in [-0.2, 0) is 9.48 Å². The lowest BCUT2D eigenvalue weighted by Crippen LogP contribution is -2.48. The van der Waals surface area contributed by atoms with Gasteiger partial charge in [0.1, 0.15) is 6.61 Å². The highest BCUT2D eigenvalue weighted by atomic mass is 32.2. The van der Waals surface area contributed by atoms with Gasteiger partial charge in [0.2, 0.25) is 0 Å². The molecule has 5 rings (SSSR count). The van der Waals surface area contributed by atoms with Crippen LogP contribution in [0.5, 0.6) is 0 Å². The predicted molar refractivity (Wildman–Crippen MR) is 179 cm³/mol. The number of ether oxygens (including phenoxy) is 1. The quantitative estimate of drug-likeness (QED) is 0.0709. The Bertz CT molecular complexity index is 1320. The Labute approximate surface area is 267 Å². The highest BCUT2D eigenvalue weighted by molar-refractivity contribution is 8.01. The molecule has 44 heavy (non-hydrogen) atoms. The molecule has 0 bridgehead atoms. The third-order valence-corrected chi connectivity index (χ3v) is 10.6. The lowest BCUT2D eigenvalue weighted by atomic mass is 9.84. The van der Waals surface area contributed by atoms with E-state index in [2.05, 4.69) is 89.8 Å². The summed E-state index contributed by atoms with van der Waals surface area (Å²) in [6, 6.07) is 30.7. The normalized spacial score (nSPS) is 19.0. The molecule has 2 heterocycles. The summed E-state index contributed by atoms with van der Waals surface area (Å²) in [5.74, 6) is 1.87. The molecule has 0 saturated carbocycles. The Hall–Kier alpha value is -3.89. The summed E-state index contributed by atoms with van der Waals surface area (Å²) < 4.78 is 4.93. The number of carbonyl (C=O) groups excluding carboxylic acids is 2. The number of oxime groups is 1. The highest BCUT2D eigenvalue weighted by Crippen LogP contribution is 2.52. The summed E-state index contributed by atoms with van der Waals surface area (Å²) in [7, 11) is 0. The molecule has 0 spiro atoms. The van der Waals surface area contributed by atoms with E-state index >= 15 is 0 Å². The molecule has 8 nitrogen and oxygen atoms in total. The Morgan fingerprint density at radius 3 is 2.02 bits per heavy atom. The maximum absolute atomic E-state index is 13.3. The van der Waals surface area contributed by atoms with Crippen molar-refractivity contribution in [2.75, 3.05) is 37.7 Å². The Morgan fingerprint density at radius 2 is 1.52 bits per heavy atom. The van der Waals surface area contributed by atoms with Gasteiger partial charge in [-0.25, -0.2) is 9.59 Å². The molecule has 2 saturated heterocycles. The van der Waals surface area contributed by atoms with Crippen molar-refractivity contribution in [2.45, 2.75) is 28.9 Å². The van der Waals surface area contributed by atoms with Crippen LogP contribution in [0.1, 0.15) is 29.5 Å². The number of nitrogens with zero attached hydrogens (tertiary/aromatic N) is 3. The average molecular weight is 631 g/mol. The minimum atomic E-state index is -0.561. The van der Waals surface area contributed by atoms with Gasteiger partial charge in [0.05, 0.1) is 4.75 Å². The summed E-state index contributed by atoms with van der Waals surface area (Å²) >= 11 is 3.62. The predicted octanol–water partition coefficient (Wildman–Crippen LogP) is 6.41. The number of amidine groups is 1. The smallest absolute Gasteiger partial charge is 0.410 e. The number of carbonyl (C=O) groups is 2. The summed E-state index contributed by atoms with van der Waals surface area (Å²) in [6.45, 7) is 5.47. The first-order chi connectivity index (χ1) is 21.5. The van der Waals surface area contributed by atoms with Gasteiger partial charge in [0.15, 0.2) is 5.84 Å². The van der Waals surface area contributed by atoms with Gasteiger partial charge in [-0.05, 0) is 23.1 Å². The molecule has 3 aromatic carbocycles. The van der Waals surface area contributed by atoms with E-state index in [9.17, 15) is 14.8 Å². The van der Waals surface area contributed by atoms with Crippen LogP contribution in [0, 0.1) is 0 Å². The molecule has 10 heteroatoms. The van der Waals surface area contributed by atoms with Gasteiger partial charge < -0.3 is 19.7 Å². The van der Waals surface area contributed by atoms with Crippen LogP contribution in [-0.4, -0.2) is 82.0 Å². The summed E-state index contributed by atoms with van der Waals surface area (Å²) in [6.07, 6.45) is 1.87. The second-order valence-corrected chi connectivity index (χ2v) is 13.4. The average Bonchev–Trinajstić information content (AvgIpc) is 3.49. The molecule has 2 atom stereocenters. The third-order valence-electron chi connectivity index (χ3n) is 7.92. The summed E-state index contributed by atoms with van der Waals surface area (Å²) in [5, 5.41) is 16.1. The van der Waals surface area contributed by atoms with Crippen molar-refractivity contribution in [2.24, 2.45) is 5.16 Å². The van der Waals surface area contributed by atoms with Crippen molar-refractivity contribution in [1.82, 2.24) is 15.1 Å². The van der Waals surface area contributed by atoms with Crippen LogP contribution in [0.15, 0.2) is 109 Å². The van der Waals surface area contributed by atoms with Gasteiger partial charge in [0, 0.05) is 48.9 Å². The standard InChI is InChI=1S/C34H38N4O4S2/c1-2-20-42-33(40)38-25-30(23-29(38)24-31(36-41)35-32(39)37-18-21-43-22-19-37)44-34(26-12-6-3-7-13-26,27-14-8-4-9-15-27)28-16-10-5-11-17-28/h2-17,29-30,41H,1,18-25H2,(H,35,36,39)/t29-,30-/m0/s1. The summed E-state index contributed by atoms with van der Waals surface area (Å²) in [4.78, 5) is 29.7. The fraction of sp³-hybridized carbons (Fsp3) is 0.324. The number of nitrogens with one attached hydrogen (secondary N) is 1. The molecule has 2 N–H and O–H groups in total. The first-order valence-electron chi connectivity index (χ1n) is 14.8. The van der Waals surface area contributed by atoms with Crippen molar-refractivity contribution in [3.05, 3.63) is 120 Å². The number of likely N-dealkylation sites (tertiary alicyclic amines) is 1. The molecule has 0 unspecified atom stereocenters. The van der Waals surface area contributed by atoms with Crippen molar-refractivity contribution in [1.29, 1.82) is 0 Å². The maximum Gasteiger partial charge on any atom is 0.410 e. The fourth-order valence-corrected chi connectivity index (χ4v) is 8.64. The minimum absolute atomic E-state index is 0.00772. The number of benzene rings is 3. The molecule has 3 amide bonds. The zero-order valence-corrected chi connectivity index (χ0v) is 26.2. The molecule has 230 valence electrons. The number of urea groups is 1.